The van der Waals surface area contributed by atoms with Crippen LogP contribution in [0.25, 0.3) is 11.1 Å². The van der Waals surface area contributed by atoms with Gasteiger partial charge in [0.05, 0.1) is 0 Å². The van der Waals surface area contributed by atoms with Gasteiger partial charge in [0.25, 0.3) is 0 Å². The van der Waals surface area contributed by atoms with Gasteiger partial charge >= 0.3 is 0 Å². The van der Waals surface area contributed by atoms with Crippen molar-refractivity contribution >= 4 is 6.21 Å². The van der Waals surface area contributed by atoms with E-state index in [0.29, 0.717) is 6.04 Å². The van der Waals surface area contributed by atoms with E-state index in [9.17, 15) is 0 Å². The van der Waals surface area contributed by atoms with Gasteiger partial charge in [-0.3, -0.25) is 0 Å². The van der Waals surface area contributed by atoms with E-state index in [1.165, 1.54) is 56.9 Å². The Morgan fingerprint density at radius 2 is 1.28 bits per heavy atom. The summed E-state index contributed by atoms with van der Waals surface area (Å²) in [6.07, 6.45) is 12.9. The van der Waals surface area contributed by atoms with Gasteiger partial charge in [0, 0.05) is 16.5 Å². The van der Waals surface area contributed by atoms with Gasteiger partial charge < -0.3 is 0 Å². The Morgan fingerprint density at radius 3 is 1.93 bits per heavy atom. The maximum absolute atomic E-state index is 2.62. The van der Waals surface area contributed by atoms with Gasteiger partial charge in [0.2, 0.25) is 0 Å². The van der Waals surface area contributed by atoms with Crippen LogP contribution in [0, 0.1) is 5.41 Å². The second-order valence-electron chi connectivity index (χ2n) is 10.7. The predicted octanol–water partition coefficient (Wildman–Crippen LogP) is 6.49. The van der Waals surface area contributed by atoms with Crippen LogP contribution in [0.4, 0.5) is 0 Å². The number of fused-ring (bicyclic) bond motifs is 7. The van der Waals surface area contributed by atoms with Gasteiger partial charge in [0.15, 0.2) is 18.8 Å². The Balaban J connectivity index is 1.79. The van der Waals surface area contributed by atoms with Gasteiger partial charge in [-0.05, 0) is 97.7 Å². The number of nitrogens with zero attached hydrogens (tertiary/aromatic N) is 1. The topological polar surface area (TPSA) is 3.01 Å². The average Bonchev–Trinajstić information content (AvgIpc) is 2.89. The lowest BCUT2D eigenvalue weighted by atomic mass is 9.78. The van der Waals surface area contributed by atoms with Gasteiger partial charge in [-0.15, -0.1) is 0 Å². The molecule has 2 aromatic carbocycles. The molecule has 0 N–H and O–H groups in total. The van der Waals surface area contributed by atoms with Crippen molar-refractivity contribution in [2.24, 2.45) is 5.41 Å². The number of rotatable bonds is 1. The second-order valence-corrected chi connectivity index (χ2v) is 10.7. The van der Waals surface area contributed by atoms with Crippen LogP contribution in [0.15, 0.2) is 24.3 Å². The minimum absolute atomic E-state index is 0.254. The Kier molecular flexibility index (Phi) is 4.68. The molecule has 0 saturated heterocycles. The highest BCUT2D eigenvalue weighted by Gasteiger charge is 2.34. The molecule has 1 heterocycles. The SMILES string of the molecule is C[C@@H]([N+]1=Cc2ccc3c(c2-c2c(ccc4c2CCCC4)C1)CCCC3)C(C)(C)C. The third-order valence-electron chi connectivity index (χ3n) is 7.84. The summed E-state index contributed by atoms with van der Waals surface area (Å²) in [5.41, 5.74) is 13.0. The van der Waals surface area contributed by atoms with Crippen molar-refractivity contribution < 1.29 is 4.58 Å². The average molecular weight is 387 g/mol. The van der Waals surface area contributed by atoms with E-state index in [-0.39, 0.29) is 5.41 Å². The minimum atomic E-state index is 0.254. The molecule has 0 spiro atoms. The monoisotopic (exact) mass is 386 g/mol. The lowest BCUT2D eigenvalue weighted by molar-refractivity contribution is -0.587. The maximum Gasteiger partial charge on any atom is 0.171 e. The number of aryl methyl sites for hydroxylation is 2. The van der Waals surface area contributed by atoms with Gasteiger partial charge in [0.1, 0.15) is 0 Å². The molecule has 0 unspecified atom stereocenters. The number of benzene rings is 2. The quantitative estimate of drug-likeness (QED) is 0.493. The smallest absolute Gasteiger partial charge is 0.171 e. The zero-order valence-corrected chi connectivity index (χ0v) is 18.8. The zero-order valence-electron chi connectivity index (χ0n) is 18.8. The Bertz CT molecular complexity index is 986. The molecular weight excluding hydrogens is 350 g/mol. The third-order valence-corrected chi connectivity index (χ3v) is 7.84. The highest BCUT2D eigenvalue weighted by molar-refractivity contribution is 5.93. The van der Waals surface area contributed by atoms with Crippen molar-refractivity contribution in [2.75, 3.05) is 0 Å². The van der Waals surface area contributed by atoms with E-state index in [1.54, 1.807) is 38.9 Å². The summed E-state index contributed by atoms with van der Waals surface area (Å²) in [6.45, 7) is 10.6. The first-order valence-electron chi connectivity index (χ1n) is 11.8. The van der Waals surface area contributed by atoms with Crippen LogP contribution < -0.4 is 0 Å². The van der Waals surface area contributed by atoms with E-state index < -0.39 is 0 Å². The van der Waals surface area contributed by atoms with Crippen molar-refractivity contribution in [2.45, 2.75) is 91.6 Å². The first-order valence-corrected chi connectivity index (χ1v) is 11.8. The predicted molar refractivity (Wildman–Crippen MR) is 123 cm³/mol. The second kappa shape index (κ2) is 7.11. The molecule has 5 rings (SSSR count). The fourth-order valence-electron chi connectivity index (χ4n) is 5.74. The van der Waals surface area contributed by atoms with E-state index in [0.717, 1.165) is 6.54 Å². The molecule has 0 radical (unpaired) electrons. The first-order chi connectivity index (χ1) is 13.9. The van der Waals surface area contributed by atoms with Crippen LogP contribution in [-0.2, 0) is 32.2 Å². The zero-order chi connectivity index (χ0) is 20.2. The first kappa shape index (κ1) is 19.1. The van der Waals surface area contributed by atoms with Crippen molar-refractivity contribution in [3.63, 3.8) is 0 Å². The molecule has 3 aliphatic rings. The molecule has 1 nitrogen and oxygen atoms in total. The van der Waals surface area contributed by atoms with E-state index in [2.05, 4.69) is 62.8 Å². The fourth-order valence-corrected chi connectivity index (χ4v) is 5.74. The summed E-state index contributed by atoms with van der Waals surface area (Å²) >= 11 is 0. The van der Waals surface area contributed by atoms with Crippen LogP contribution in [0.5, 0.6) is 0 Å². The standard InChI is InChI=1S/C28H36N/c1-19(28(2,3)4)29-17-22-15-13-20-9-5-7-11-24(20)26(22)27-23(18-29)16-14-21-10-6-8-12-25(21)27/h13-17,19H,5-12,18H2,1-4H3/q+1/t19-/m1/s1. The van der Waals surface area contributed by atoms with Crippen LogP contribution in [-0.4, -0.2) is 16.8 Å². The van der Waals surface area contributed by atoms with E-state index in [4.69, 9.17) is 0 Å². The summed E-state index contributed by atoms with van der Waals surface area (Å²) in [5.74, 6) is 0. The Hall–Kier alpha value is -1.89. The molecule has 1 heteroatoms. The largest absolute Gasteiger partial charge is 0.228 e. The molecule has 0 aromatic heterocycles. The molecule has 0 amide bonds. The van der Waals surface area contributed by atoms with Crippen LogP contribution in [0.1, 0.15) is 86.8 Å². The molecule has 152 valence electrons. The highest BCUT2D eigenvalue weighted by Crippen LogP contribution is 2.42. The Morgan fingerprint density at radius 1 is 0.724 bits per heavy atom. The van der Waals surface area contributed by atoms with E-state index >= 15 is 0 Å². The van der Waals surface area contributed by atoms with E-state index in [1.807, 2.05) is 0 Å². The molecule has 1 aliphatic heterocycles. The van der Waals surface area contributed by atoms with Crippen molar-refractivity contribution in [3.8, 4) is 11.1 Å². The minimum Gasteiger partial charge on any atom is -0.228 e. The Labute approximate surface area is 176 Å². The summed E-state index contributed by atoms with van der Waals surface area (Å²) in [6, 6.07) is 10.3. The lowest BCUT2D eigenvalue weighted by Gasteiger charge is -2.26. The highest BCUT2D eigenvalue weighted by atomic mass is 15.0. The molecule has 1 atom stereocenters. The normalized spacial score (nSPS) is 19.2. The fraction of sp³-hybridized carbons (Fsp3) is 0.536. The molecule has 0 saturated carbocycles. The number of hydrogen-bond acceptors (Lipinski definition) is 0. The molecule has 0 bridgehead atoms. The summed E-state index contributed by atoms with van der Waals surface area (Å²) in [7, 11) is 0. The molecular formula is C28H36N+. The maximum atomic E-state index is 2.62. The van der Waals surface area contributed by atoms with Gasteiger partial charge in [-0.2, -0.15) is 0 Å². The van der Waals surface area contributed by atoms with Crippen molar-refractivity contribution in [1.82, 2.24) is 0 Å². The van der Waals surface area contributed by atoms with Crippen LogP contribution in [0.2, 0.25) is 0 Å². The molecule has 2 aliphatic carbocycles. The summed E-state index contributed by atoms with van der Waals surface area (Å²) in [4.78, 5) is 0. The molecule has 29 heavy (non-hydrogen) atoms. The van der Waals surface area contributed by atoms with Gasteiger partial charge in [-0.25, -0.2) is 4.58 Å². The third kappa shape index (κ3) is 3.27. The number of hydrogen-bond donors (Lipinski definition) is 0. The summed E-state index contributed by atoms with van der Waals surface area (Å²) < 4.78 is 2.62. The van der Waals surface area contributed by atoms with Gasteiger partial charge in [-0.1, -0.05) is 39.0 Å². The van der Waals surface area contributed by atoms with Crippen LogP contribution in [0.3, 0.4) is 0 Å². The van der Waals surface area contributed by atoms with Crippen molar-refractivity contribution in [1.29, 1.82) is 0 Å². The molecule has 2 aromatic rings. The molecule has 0 fully saturated rings. The summed E-state index contributed by atoms with van der Waals surface area (Å²) in [5, 5.41) is 0. The van der Waals surface area contributed by atoms with Crippen LogP contribution >= 0.6 is 0 Å². The van der Waals surface area contributed by atoms with Crippen molar-refractivity contribution in [3.05, 3.63) is 57.6 Å². The lowest BCUT2D eigenvalue weighted by Crippen LogP contribution is -2.35.